The van der Waals surface area contributed by atoms with Crippen molar-refractivity contribution in [2.75, 3.05) is 49.5 Å². The van der Waals surface area contributed by atoms with E-state index in [9.17, 15) is 9.59 Å². The van der Waals surface area contributed by atoms with Gasteiger partial charge in [-0.15, -0.1) is 12.4 Å². The molecule has 5 aliphatic rings. The van der Waals surface area contributed by atoms with E-state index in [1.54, 1.807) is 6.08 Å². The predicted molar refractivity (Wildman–Crippen MR) is 164 cm³/mol. The predicted octanol–water partition coefficient (Wildman–Crippen LogP) is 5.72. The molecule has 0 bridgehead atoms. The van der Waals surface area contributed by atoms with Crippen molar-refractivity contribution >= 4 is 35.5 Å². The number of allylic oxidation sites excluding steroid dienone is 6. The fraction of sp³-hybridized carbons (Fsp3) is 0.606. The Balaban J connectivity index is 0.00000323. The molecule has 7 heteroatoms. The van der Waals surface area contributed by atoms with Gasteiger partial charge in [-0.2, -0.15) is 0 Å². The van der Waals surface area contributed by atoms with Crippen molar-refractivity contribution in [1.29, 1.82) is 0 Å². The van der Waals surface area contributed by atoms with Gasteiger partial charge >= 0.3 is 0 Å². The highest BCUT2D eigenvalue weighted by Crippen LogP contribution is 2.65. The van der Waals surface area contributed by atoms with Crippen molar-refractivity contribution in [2.24, 2.45) is 34.5 Å². The summed E-state index contributed by atoms with van der Waals surface area (Å²) in [7, 11) is 0. The summed E-state index contributed by atoms with van der Waals surface area (Å²) in [6, 6.07) is 4.07. The number of fused-ring (bicyclic) bond motifs is 5. The van der Waals surface area contributed by atoms with Crippen molar-refractivity contribution in [3.8, 4) is 0 Å². The number of hydrogen-bond acceptors (Lipinski definition) is 6. The maximum absolute atomic E-state index is 14.0. The maximum atomic E-state index is 14.0. The lowest BCUT2D eigenvalue weighted by Gasteiger charge is -2.52. The smallest absolute Gasteiger partial charge is 0.178 e. The number of nitrogens with zero attached hydrogens (tertiary/aromatic N) is 3. The molecule has 1 aromatic heterocycles. The summed E-state index contributed by atoms with van der Waals surface area (Å²) in [5.41, 5.74) is 3.77. The zero-order valence-corrected chi connectivity index (χ0v) is 25.3. The van der Waals surface area contributed by atoms with Gasteiger partial charge in [-0.25, -0.2) is 4.98 Å². The fourth-order valence-corrected chi connectivity index (χ4v) is 8.99. The van der Waals surface area contributed by atoms with Crippen LogP contribution in [0.15, 0.2) is 53.8 Å². The molecule has 1 aliphatic heterocycles. The molecule has 4 aliphatic carbocycles. The Morgan fingerprint density at radius 2 is 1.98 bits per heavy atom. The second-order valence-electron chi connectivity index (χ2n) is 13.1. The number of pyridine rings is 1. The fourth-order valence-electron chi connectivity index (χ4n) is 8.99. The van der Waals surface area contributed by atoms with Crippen molar-refractivity contribution in [2.45, 2.75) is 53.4 Å². The summed E-state index contributed by atoms with van der Waals surface area (Å²) in [4.78, 5) is 35.4. The van der Waals surface area contributed by atoms with Crippen LogP contribution in [0.5, 0.6) is 0 Å². The van der Waals surface area contributed by atoms with Gasteiger partial charge in [0.05, 0.1) is 12.2 Å². The normalized spacial score (nSPS) is 35.1. The molecule has 1 N–H and O–H groups in total. The topological polar surface area (TPSA) is 65.5 Å². The Labute approximate surface area is 245 Å². The molecule has 2 heterocycles. The number of carbonyl (C=O) groups is 2. The molecule has 1 aromatic rings. The minimum Gasteiger partial charge on any atom is -0.382 e. The average Bonchev–Trinajstić information content (AvgIpc) is 3.20. The van der Waals surface area contributed by atoms with Crippen LogP contribution >= 0.6 is 12.4 Å². The van der Waals surface area contributed by atoms with Crippen molar-refractivity contribution in [3.63, 3.8) is 0 Å². The van der Waals surface area contributed by atoms with E-state index in [1.165, 1.54) is 11.1 Å². The highest BCUT2D eigenvalue weighted by molar-refractivity contribution is 6.01. The first-order valence-corrected chi connectivity index (χ1v) is 15.1. The first kappa shape index (κ1) is 29.1. The number of rotatable bonds is 6. The van der Waals surface area contributed by atoms with Crippen LogP contribution in [0.3, 0.4) is 0 Å². The zero-order chi connectivity index (χ0) is 27.4. The maximum Gasteiger partial charge on any atom is 0.178 e. The van der Waals surface area contributed by atoms with E-state index in [0.29, 0.717) is 30.1 Å². The lowest BCUT2D eigenvalue weighted by Crippen LogP contribution is -2.51. The summed E-state index contributed by atoms with van der Waals surface area (Å²) in [6.07, 6.45) is 14.3. The van der Waals surface area contributed by atoms with E-state index >= 15 is 0 Å². The molecule has 1 saturated heterocycles. The van der Waals surface area contributed by atoms with E-state index in [1.807, 2.05) is 18.3 Å². The molecule has 6 atom stereocenters. The molecular weight excluding hydrogens is 520 g/mol. The van der Waals surface area contributed by atoms with E-state index in [0.717, 1.165) is 69.9 Å². The quantitative estimate of drug-likeness (QED) is 0.446. The van der Waals surface area contributed by atoms with Gasteiger partial charge in [0.15, 0.2) is 17.4 Å². The van der Waals surface area contributed by atoms with Gasteiger partial charge in [0.25, 0.3) is 0 Å². The molecule has 216 valence electrons. The van der Waals surface area contributed by atoms with E-state index in [-0.39, 0.29) is 34.9 Å². The summed E-state index contributed by atoms with van der Waals surface area (Å²) in [6.45, 7) is 14.1. The number of ketones is 2. The number of hydrogen-bond donors (Lipinski definition) is 1. The number of carbonyl (C=O) groups excluding carboxylic acids is 2. The van der Waals surface area contributed by atoms with Crippen LogP contribution in [-0.2, 0) is 9.59 Å². The van der Waals surface area contributed by atoms with Crippen LogP contribution in [0.1, 0.15) is 53.4 Å². The van der Waals surface area contributed by atoms with Gasteiger partial charge in [-0.3, -0.25) is 14.5 Å². The second kappa shape index (κ2) is 11.1. The van der Waals surface area contributed by atoms with Crippen LogP contribution < -0.4 is 10.2 Å². The summed E-state index contributed by atoms with van der Waals surface area (Å²) < 4.78 is 0. The largest absolute Gasteiger partial charge is 0.382 e. The standard InChI is InChI=1S/C33H44N4O2.ClH/c1-5-34-28-7-6-14-35-31(28)37-17-15-36(16-18-37)21-29(39)30-22(2)19-27-25-9-8-23-20-24(38)10-12-32(23,3)26(25)11-13-33(27,30)4;/h6-7,10-12,14,20,22,25,27,30,34H,5,8-9,13,15-19,21H2,1-4H3;1H/t22?,25-,27+,30-,32+,33+;/m1./s1. The Morgan fingerprint density at radius 3 is 2.73 bits per heavy atom. The molecule has 40 heavy (non-hydrogen) atoms. The van der Waals surface area contributed by atoms with Gasteiger partial charge in [0.2, 0.25) is 0 Å². The molecule has 6 nitrogen and oxygen atoms in total. The highest BCUT2D eigenvalue weighted by Gasteiger charge is 2.59. The number of halogens is 1. The Bertz CT molecular complexity index is 1250. The van der Waals surface area contributed by atoms with Crippen LogP contribution in [0.25, 0.3) is 0 Å². The molecule has 2 saturated carbocycles. The summed E-state index contributed by atoms with van der Waals surface area (Å²) >= 11 is 0. The van der Waals surface area contributed by atoms with Gasteiger partial charge in [-0.05, 0) is 87.0 Å². The summed E-state index contributed by atoms with van der Waals surface area (Å²) in [5, 5.41) is 3.43. The van der Waals surface area contributed by atoms with Gasteiger partial charge < -0.3 is 10.2 Å². The van der Waals surface area contributed by atoms with E-state index in [2.05, 4.69) is 66.0 Å². The minimum absolute atomic E-state index is 0. The Morgan fingerprint density at radius 1 is 1.20 bits per heavy atom. The van der Waals surface area contributed by atoms with Gasteiger partial charge in [0.1, 0.15) is 0 Å². The molecule has 0 amide bonds. The third-order valence-corrected chi connectivity index (χ3v) is 10.8. The van der Waals surface area contributed by atoms with Gasteiger partial charge in [-0.1, -0.05) is 37.1 Å². The lowest BCUT2D eigenvalue weighted by molar-refractivity contribution is -0.129. The number of nitrogens with one attached hydrogen (secondary N) is 1. The number of Topliss-reactive ketones (excluding diaryl/α,β-unsaturated/α-hetero) is 1. The summed E-state index contributed by atoms with van der Waals surface area (Å²) in [5.74, 6) is 3.16. The third-order valence-electron chi connectivity index (χ3n) is 10.8. The Hall–Kier alpha value is -2.44. The van der Waals surface area contributed by atoms with Crippen LogP contribution in [-0.4, -0.2) is 60.7 Å². The first-order chi connectivity index (χ1) is 18.7. The molecule has 0 spiro atoms. The van der Waals surface area contributed by atoms with E-state index in [4.69, 9.17) is 0 Å². The molecule has 3 fully saturated rings. The molecule has 0 aromatic carbocycles. The number of aromatic nitrogens is 1. The minimum atomic E-state index is -0.122. The SMILES string of the molecule is CCNc1cccnc1N1CCN(CC(=O)[C@H]2C(C)C[C@H]3[C@@H]4CCC5=CC(=O)C=C[C@]5(C)C4=CC[C@]23C)CC1.Cl. The first-order valence-electron chi connectivity index (χ1n) is 15.1. The van der Waals surface area contributed by atoms with E-state index < -0.39 is 0 Å². The van der Waals surface area contributed by atoms with Crippen molar-refractivity contribution in [3.05, 3.63) is 53.8 Å². The van der Waals surface area contributed by atoms with Crippen molar-refractivity contribution in [1.82, 2.24) is 9.88 Å². The second-order valence-corrected chi connectivity index (χ2v) is 13.1. The lowest BCUT2D eigenvalue weighted by atomic mass is 9.52. The van der Waals surface area contributed by atoms with Crippen LogP contribution in [0.2, 0.25) is 0 Å². The van der Waals surface area contributed by atoms with Crippen molar-refractivity contribution < 1.29 is 9.59 Å². The van der Waals surface area contributed by atoms with Gasteiger partial charge in [0, 0.05) is 50.3 Å². The van der Waals surface area contributed by atoms with Crippen LogP contribution in [0, 0.1) is 34.5 Å². The third kappa shape index (κ3) is 4.75. The molecule has 0 radical (unpaired) electrons. The number of piperazine rings is 1. The average molecular weight is 565 g/mol. The van der Waals surface area contributed by atoms with Crippen LogP contribution in [0.4, 0.5) is 11.5 Å². The number of anilines is 2. The highest BCUT2D eigenvalue weighted by atomic mass is 35.5. The monoisotopic (exact) mass is 564 g/mol. The zero-order valence-electron chi connectivity index (χ0n) is 24.5. The molecular formula is C33H45ClN4O2. The molecule has 1 unspecified atom stereocenters. The molecule has 6 rings (SSSR count). The Kier molecular flexibility index (Phi) is 8.06.